The predicted molar refractivity (Wildman–Crippen MR) is 74.3 cm³/mol. The molecule has 0 N–H and O–H groups in total. The molecule has 0 heterocycles. The van der Waals surface area contributed by atoms with Gasteiger partial charge in [-0.05, 0) is 25.0 Å². The van der Waals surface area contributed by atoms with Gasteiger partial charge < -0.3 is 14.4 Å². The summed E-state index contributed by atoms with van der Waals surface area (Å²) in [7, 11) is 3.40. The van der Waals surface area contributed by atoms with Crippen LogP contribution in [-0.2, 0) is 16.0 Å². The Balaban J connectivity index is 2.47. The second kappa shape index (κ2) is 7.56. The van der Waals surface area contributed by atoms with Crippen LogP contribution in [-0.4, -0.2) is 37.3 Å². The Morgan fingerprint density at radius 3 is 2.53 bits per heavy atom. The molecule has 0 radical (unpaired) electrons. The molecule has 0 aliphatic heterocycles. The molecule has 0 aliphatic carbocycles. The number of benzene rings is 1. The number of hydrogen-bond acceptors (Lipinski definition) is 3. The summed E-state index contributed by atoms with van der Waals surface area (Å²) in [6, 6.07) is 7.78. The zero-order valence-corrected chi connectivity index (χ0v) is 11.8. The van der Waals surface area contributed by atoms with E-state index in [1.807, 2.05) is 24.3 Å². The number of amides is 1. The van der Waals surface area contributed by atoms with Crippen LogP contribution in [0.5, 0.6) is 5.75 Å². The molecule has 19 heavy (non-hydrogen) atoms. The van der Waals surface area contributed by atoms with Crippen molar-refractivity contribution in [3.8, 4) is 5.75 Å². The molecule has 0 aliphatic rings. The van der Waals surface area contributed by atoms with Gasteiger partial charge in [0.05, 0.1) is 7.11 Å². The van der Waals surface area contributed by atoms with Crippen LogP contribution in [0.1, 0.15) is 25.3 Å². The summed E-state index contributed by atoms with van der Waals surface area (Å²) >= 11 is 0. The van der Waals surface area contributed by atoms with E-state index in [2.05, 4.69) is 0 Å². The van der Waals surface area contributed by atoms with Crippen molar-refractivity contribution in [2.75, 3.05) is 20.7 Å². The van der Waals surface area contributed by atoms with Crippen LogP contribution in [0.4, 0.5) is 0 Å². The van der Waals surface area contributed by atoms with Crippen molar-refractivity contribution in [1.29, 1.82) is 0 Å². The van der Waals surface area contributed by atoms with Crippen LogP contribution >= 0.6 is 0 Å². The molecule has 1 amide bonds. The van der Waals surface area contributed by atoms with E-state index in [0.29, 0.717) is 13.0 Å². The second-order valence-electron chi connectivity index (χ2n) is 4.58. The quantitative estimate of drug-likeness (QED) is 0.756. The van der Waals surface area contributed by atoms with Gasteiger partial charge in [-0.1, -0.05) is 18.2 Å². The number of carbonyl (C=O) groups excluding carboxylic acids is 2. The van der Waals surface area contributed by atoms with Gasteiger partial charge >= 0.3 is 0 Å². The fraction of sp³-hybridized carbons (Fsp3) is 0.467. The molecule has 0 bridgehead atoms. The number of carbonyl (C=O) groups is 2. The van der Waals surface area contributed by atoms with E-state index in [4.69, 9.17) is 4.74 Å². The summed E-state index contributed by atoms with van der Waals surface area (Å²) in [6.07, 6.45) is 1.35. The highest BCUT2D eigenvalue weighted by Gasteiger charge is 2.10. The SMILES string of the molecule is COc1ccccc1CCN(C)C(=O)CCC(C)=O. The molecule has 0 aromatic heterocycles. The minimum atomic E-state index is 0.00472. The first kappa shape index (κ1) is 15.2. The minimum absolute atomic E-state index is 0.00472. The molecular formula is C15H21NO3. The van der Waals surface area contributed by atoms with E-state index in [-0.39, 0.29) is 18.1 Å². The highest BCUT2D eigenvalue weighted by atomic mass is 16.5. The number of nitrogens with zero attached hydrogens (tertiary/aromatic N) is 1. The fourth-order valence-electron chi connectivity index (χ4n) is 1.80. The molecule has 4 heteroatoms. The molecule has 0 saturated heterocycles. The van der Waals surface area contributed by atoms with Gasteiger partial charge in [0.1, 0.15) is 11.5 Å². The Morgan fingerprint density at radius 2 is 1.89 bits per heavy atom. The van der Waals surface area contributed by atoms with E-state index < -0.39 is 0 Å². The van der Waals surface area contributed by atoms with E-state index >= 15 is 0 Å². The van der Waals surface area contributed by atoms with Crippen LogP contribution in [0.3, 0.4) is 0 Å². The minimum Gasteiger partial charge on any atom is -0.496 e. The Labute approximate surface area is 114 Å². The molecule has 0 spiro atoms. The third-order valence-electron chi connectivity index (χ3n) is 3.03. The molecule has 0 atom stereocenters. The summed E-state index contributed by atoms with van der Waals surface area (Å²) < 4.78 is 5.27. The van der Waals surface area contributed by atoms with Crippen LogP contribution in [0.25, 0.3) is 0 Å². The zero-order valence-electron chi connectivity index (χ0n) is 11.8. The Hall–Kier alpha value is -1.84. The van der Waals surface area contributed by atoms with Crippen molar-refractivity contribution in [2.45, 2.75) is 26.2 Å². The number of para-hydroxylation sites is 1. The fourth-order valence-corrected chi connectivity index (χ4v) is 1.80. The van der Waals surface area contributed by atoms with Crippen molar-refractivity contribution in [1.82, 2.24) is 4.90 Å². The maximum absolute atomic E-state index is 11.8. The van der Waals surface area contributed by atoms with Crippen LogP contribution < -0.4 is 4.74 Å². The van der Waals surface area contributed by atoms with Crippen molar-refractivity contribution < 1.29 is 14.3 Å². The third-order valence-corrected chi connectivity index (χ3v) is 3.03. The third kappa shape index (κ3) is 5.12. The van der Waals surface area contributed by atoms with Gasteiger partial charge in [-0.3, -0.25) is 4.79 Å². The van der Waals surface area contributed by atoms with Crippen LogP contribution in [0, 0.1) is 0 Å². The summed E-state index contributed by atoms with van der Waals surface area (Å²) in [5.74, 6) is 0.892. The summed E-state index contributed by atoms with van der Waals surface area (Å²) in [6.45, 7) is 2.12. The lowest BCUT2D eigenvalue weighted by molar-refractivity contribution is -0.131. The molecule has 0 saturated carbocycles. The molecule has 1 aromatic rings. The Kier molecular flexibility index (Phi) is 6.06. The van der Waals surface area contributed by atoms with Crippen molar-refractivity contribution >= 4 is 11.7 Å². The van der Waals surface area contributed by atoms with Crippen molar-refractivity contribution in [3.63, 3.8) is 0 Å². The van der Waals surface area contributed by atoms with E-state index in [1.54, 1.807) is 19.1 Å². The van der Waals surface area contributed by atoms with Gasteiger partial charge in [0.25, 0.3) is 0 Å². The molecule has 0 fully saturated rings. The highest BCUT2D eigenvalue weighted by molar-refractivity contribution is 5.83. The lowest BCUT2D eigenvalue weighted by Gasteiger charge is -2.17. The average molecular weight is 263 g/mol. The maximum atomic E-state index is 11.8. The van der Waals surface area contributed by atoms with E-state index in [1.165, 1.54) is 6.92 Å². The van der Waals surface area contributed by atoms with Gasteiger partial charge in [-0.15, -0.1) is 0 Å². The van der Waals surface area contributed by atoms with Crippen LogP contribution in [0.15, 0.2) is 24.3 Å². The topological polar surface area (TPSA) is 46.6 Å². The number of hydrogen-bond donors (Lipinski definition) is 0. The lowest BCUT2D eigenvalue weighted by Crippen LogP contribution is -2.29. The van der Waals surface area contributed by atoms with Crippen LogP contribution in [0.2, 0.25) is 0 Å². The summed E-state index contributed by atoms with van der Waals surface area (Å²) in [5, 5.41) is 0. The number of rotatable bonds is 7. The van der Waals surface area contributed by atoms with Gasteiger partial charge in [0.15, 0.2) is 0 Å². The summed E-state index contributed by atoms with van der Waals surface area (Å²) in [5.41, 5.74) is 1.08. The van der Waals surface area contributed by atoms with E-state index in [9.17, 15) is 9.59 Å². The summed E-state index contributed by atoms with van der Waals surface area (Å²) in [4.78, 5) is 24.3. The zero-order chi connectivity index (χ0) is 14.3. The number of likely N-dealkylation sites (N-methyl/N-ethyl adjacent to an activating group) is 1. The number of Topliss-reactive ketones (excluding diaryl/α,β-unsaturated/α-hetero) is 1. The number of methoxy groups -OCH3 is 1. The van der Waals surface area contributed by atoms with Gasteiger partial charge in [0, 0.05) is 26.4 Å². The van der Waals surface area contributed by atoms with Crippen molar-refractivity contribution in [2.24, 2.45) is 0 Å². The Bertz CT molecular complexity index is 443. The normalized spacial score (nSPS) is 10.1. The molecular weight excluding hydrogens is 242 g/mol. The van der Waals surface area contributed by atoms with Gasteiger partial charge in [-0.2, -0.15) is 0 Å². The second-order valence-corrected chi connectivity index (χ2v) is 4.58. The van der Waals surface area contributed by atoms with Gasteiger partial charge in [0.2, 0.25) is 5.91 Å². The Morgan fingerprint density at radius 1 is 1.21 bits per heavy atom. The standard InChI is InChI=1S/C15H21NO3/c1-12(17)8-9-15(18)16(2)11-10-13-6-4-5-7-14(13)19-3/h4-7H,8-11H2,1-3H3. The van der Waals surface area contributed by atoms with Gasteiger partial charge in [-0.25, -0.2) is 0 Å². The molecule has 4 nitrogen and oxygen atoms in total. The van der Waals surface area contributed by atoms with Crippen molar-refractivity contribution in [3.05, 3.63) is 29.8 Å². The molecule has 104 valence electrons. The molecule has 1 rings (SSSR count). The maximum Gasteiger partial charge on any atom is 0.222 e. The van der Waals surface area contributed by atoms with E-state index in [0.717, 1.165) is 17.7 Å². The number of ether oxygens (including phenoxy) is 1. The molecule has 0 unspecified atom stereocenters. The predicted octanol–water partition coefficient (Wildman–Crippen LogP) is 2.07. The molecule has 1 aromatic carbocycles. The highest BCUT2D eigenvalue weighted by Crippen LogP contribution is 2.17. The average Bonchev–Trinajstić information content (AvgIpc) is 2.42. The first-order valence-electron chi connectivity index (χ1n) is 6.40. The number of ketones is 1. The monoisotopic (exact) mass is 263 g/mol. The largest absolute Gasteiger partial charge is 0.496 e. The lowest BCUT2D eigenvalue weighted by atomic mass is 10.1. The first-order chi connectivity index (χ1) is 9.04. The smallest absolute Gasteiger partial charge is 0.222 e. The first-order valence-corrected chi connectivity index (χ1v) is 6.40.